The predicted molar refractivity (Wildman–Crippen MR) is 53.5 cm³/mol. The van der Waals surface area contributed by atoms with E-state index in [0.717, 1.165) is 22.4 Å². The van der Waals surface area contributed by atoms with E-state index >= 15 is 0 Å². The third-order valence-electron chi connectivity index (χ3n) is 2.21. The van der Waals surface area contributed by atoms with E-state index in [2.05, 4.69) is 5.32 Å². The summed E-state index contributed by atoms with van der Waals surface area (Å²) in [6, 6.07) is 3.95. The van der Waals surface area contributed by atoms with Crippen molar-refractivity contribution in [3.63, 3.8) is 0 Å². The quantitative estimate of drug-likeness (QED) is 0.686. The number of hydrogen-bond donors (Lipinski definition) is 2. The van der Waals surface area contributed by atoms with Crippen LogP contribution in [0, 0.1) is 13.8 Å². The first-order valence-electron chi connectivity index (χ1n) is 4.20. The molecular weight excluding hydrogens is 164 g/mol. The highest BCUT2D eigenvalue weighted by Gasteiger charge is 2.04. The highest BCUT2D eigenvalue weighted by Crippen LogP contribution is 2.22. The lowest BCUT2D eigenvalue weighted by atomic mass is 10.0. The van der Waals surface area contributed by atoms with Crippen molar-refractivity contribution in [3.05, 3.63) is 28.8 Å². The first-order valence-corrected chi connectivity index (χ1v) is 4.20. The summed E-state index contributed by atoms with van der Waals surface area (Å²) >= 11 is 0. The topological polar surface area (TPSA) is 55.1 Å². The van der Waals surface area contributed by atoms with Crippen LogP contribution in [0.1, 0.15) is 16.7 Å². The zero-order valence-electron chi connectivity index (χ0n) is 7.92. The maximum absolute atomic E-state index is 10.3. The standard InChI is InChI=1S/C10H14N2O/c1-7-3-4-9(5-11)8(2)10(7)12-6-13/h3-4,6H,5,11H2,1-2H3,(H,12,13). The van der Waals surface area contributed by atoms with Crippen LogP contribution < -0.4 is 11.1 Å². The van der Waals surface area contributed by atoms with Crippen LogP contribution in [0.15, 0.2) is 12.1 Å². The van der Waals surface area contributed by atoms with Gasteiger partial charge in [0.15, 0.2) is 0 Å². The molecule has 3 nitrogen and oxygen atoms in total. The minimum Gasteiger partial charge on any atom is -0.328 e. The van der Waals surface area contributed by atoms with Crippen LogP contribution in [0.2, 0.25) is 0 Å². The maximum Gasteiger partial charge on any atom is 0.211 e. The lowest BCUT2D eigenvalue weighted by molar-refractivity contribution is -0.105. The van der Waals surface area contributed by atoms with Crippen molar-refractivity contribution < 1.29 is 4.79 Å². The monoisotopic (exact) mass is 178 g/mol. The summed E-state index contributed by atoms with van der Waals surface area (Å²) in [5.41, 5.74) is 9.60. The molecule has 0 aliphatic carbocycles. The molecule has 3 heteroatoms. The summed E-state index contributed by atoms with van der Waals surface area (Å²) in [7, 11) is 0. The molecule has 1 aromatic carbocycles. The Balaban J connectivity index is 3.20. The molecule has 0 unspecified atom stereocenters. The largest absolute Gasteiger partial charge is 0.328 e. The van der Waals surface area contributed by atoms with Gasteiger partial charge in [-0.15, -0.1) is 0 Å². The average molecular weight is 178 g/mol. The normalized spacial score (nSPS) is 9.77. The molecule has 0 aromatic heterocycles. The fraction of sp³-hybridized carbons (Fsp3) is 0.300. The van der Waals surface area contributed by atoms with E-state index in [9.17, 15) is 4.79 Å². The molecule has 70 valence electrons. The number of rotatable bonds is 3. The molecule has 0 aliphatic heterocycles. The summed E-state index contributed by atoms with van der Waals surface area (Å²) in [5, 5.41) is 2.68. The number of benzene rings is 1. The minimum atomic E-state index is 0.500. The Labute approximate surface area is 77.9 Å². The highest BCUT2D eigenvalue weighted by atomic mass is 16.1. The Morgan fingerprint density at radius 1 is 1.46 bits per heavy atom. The molecule has 1 rings (SSSR count). The van der Waals surface area contributed by atoms with E-state index in [1.54, 1.807) is 0 Å². The number of carbonyl (C=O) groups is 1. The van der Waals surface area contributed by atoms with Gasteiger partial charge in [-0.2, -0.15) is 0 Å². The van der Waals surface area contributed by atoms with Gasteiger partial charge in [0.1, 0.15) is 0 Å². The van der Waals surface area contributed by atoms with Gasteiger partial charge >= 0.3 is 0 Å². The van der Waals surface area contributed by atoms with E-state index in [1.807, 2.05) is 26.0 Å². The maximum atomic E-state index is 10.3. The molecule has 1 amide bonds. The van der Waals surface area contributed by atoms with Gasteiger partial charge in [-0.3, -0.25) is 4.79 Å². The number of carbonyl (C=O) groups excluding carboxylic acids is 1. The van der Waals surface area contributed by atoms with Crippen LogP contribution in [0.25, 0.3) is 0 Å². The number of hydrogen-bond acceptors (Lipinski definition) is 2. The molecule has 0 bridgehead atoms. The molecule has 0 heterocycles. The van der Waals surface area contributed by atoms with Gasteiger partial charge in [0.25, 0.3) is 0 Å². The average Bonchev–Trinajstić information content (AvgIpc) is 2.12. The third-order valence-corrected chi connectivity index (χ3v) is 2.21. The van der Waals surface area contributed by atoms with Crippen LogP contribution in [0.4, 0.5) is 5.69 Å². The van der Waals surface area contributed by atoms with Gasteiger partial charge in [0.2, 0.25) is 6.41 Å². The van der Waals surface area contributed by atoms with E-state index in [0.29, 0.717) is 13.0 Å². The fourth-order valence-corrected chi connectivity index (χ4v) is 1.39. The van der Waals surface area contributed by atoms with Crippen molar-refractivity contribution in [3.8, 4) is 0 Å². The number of anilines is 1. The molecule has 0 atom stereocenters. The zero-order valence-corrected chi connectivity index (χ0v) is 7.92. The Hall–Kier alpha value is -1.35. The van der Waals surface area contributed by atoms with Crippen molar-refractivity contribution in [2.75, 3.05) is 5.32 Å². The van der Waals surface area contributed by atoms with E-state index in [1.165, 1.54) is 0 Å². The number of amides is 1. The second-order valence-corrected chi connectivity index (χ2v) is 3.01. The Kier molecular flexibility index (Phi) is 3.03. The summed E-state index contributed by atoms with van der Waals surface area (Å²) in [5.74, 6) is 0. The summed E-state index contributed by atoms with van der Waals surface area (Å²) in [6.07, 6.45) is 0.690. The lowest BCUT2D eigenvalue weighted by Crippen LogP contribution is -2.05. The van der Waals surface area contributed by atoms with E-state index < -0.39 is 0 Å². The van der Waals surface area contributed by atoms with Crippen molar-refractivity contribution in [1.82, 2.24) is 0 Å². The van der Waals surface area contributed by atoms with Crippen molar-refractivity contribution in [2.24, 2.45) is 5.73 Å². The van der Waals surface area contributed by atoms with Gasteiger partial charge in [-0.05, 0) is 30.5 Å². The first kappa shape index (κ1) is 9.74. The van der Waals surface area contributed by atoms with E-state index in [-0.39, 0.29) is 0 Å². The molecule has 0 radical (unpaired) electrons. The molecule has 1 aromatic rings. The smallest absolute Gasteiger partial charge is 0.211 e. The Bertz CT molecular complexity index is 321. The van der Waals surface area contributed by atoms with Gasteiger partial charge < -0.3 is 11.1 Å². The summed E-state index contributed by atoms with van der Waals surface area (Å²) < 4.78 is 0. The van der Waals surface area contributed by atoms with E-state index in [4.69, 9.17) is 5.73 Å². The lowest BCUT2D eigenvalue weighted by Gasteiger charge is -2.11. The number of nitrogens with two attached hydrogens (primary N) is 1. The van der Waals surface area contributed by atoms with Crippen molar-refractivity contribution in [2.45, 2.75) is 20.4 Å². The van der Waals surface area contributed by atoms with Crippen molar-refractivity contribution >= 4 is 12.1 Å². The van der Waals surface area contributed by atoms with Gasteiger partial charge in [-0.1, -0.05) is 12.1 Å². The molecule has 0 aliphatic rings. The van der Waals surface area contributed by atoms with Crippen LogP contribution in [0.5, 0.6) is 0 Å². The second kappa shape index (κ2) is 4.05. The Morgan fingerprint density at radius 3 is 2.69 bits per heavy atom. The van der Waals surface area contributed by atoms with Crippen LogP contribution in [-0.4, -0.2) is 6.41 Å². The first-order chi connectivity index (χ1) is 6.20. The third kappa shape index (κ3) is 1.87. The van der Waals surface area contributed by atoms with Gasteiger partial charge in [-0.25, -0.2) is 0 Å². The molecule has 0 fully saturated rings. The van der Waals surface area contributed by atoms with Crippen LogP contribution >= 0.6 is 0 Å². The number of nitrogens with one attached hydrogen (secondary N) is 1. The predicted octanol–water partition coefficient (Wildman–Crippen LogP) is 1.33. The molecule has 0 saturated heterocycles. The Morgan fingerprint density at radius 2 is 2.15 bits per heavy atom. The molecule has 3 N–H and O–H groups in total. The molecule has 0 spiro atoms. The van der Waals surface area contributed by atoms with Crippen LogP contribution in [0.3, 0.4) is 0 Å². The molecule has 13 heavy (non-hydrogen) atoms. The highest BCUT2D eigenvalue weighted by molar-refractivity contribution is 5.76. The van der Waals surface area contributed by atoms with Gasteiger partial charge in [0, 0.05) is 12.2 Å². The van der Waals surface area contributed by atoms with Gasteiger partial charge in [0.05, 0.1) is 0 Å². The zero-order chi connectivity index (χ0) is 9.84. The second-order valence-electron chi connectivity index (χ2n) is 3.01. The van der Waals surface area contributed by atoms with Crippen molar-refractivity contribution in [1.29, 1.82) is 0 Å². The summed E-state index contributed by atoms with van der Waals surface area (Å²) in [6.45, 7) is 4.42. The number of aryl methyl sites for hydroxylation is 1. The minimum absolute atomic E-state index is 0.500. The van der Waals surface area contributed by atoms with Crippen LogP contribution in [-0.2, 0) is 11.3 Å². The molecule has 0 saturated carbocycles. The SMILES string of the molecule is Cc1ccc(CN)c(C)c1NC=O. The molecular formula is C10H14N2O. The summed E-state index contributed by atoms with van der Waals surface area (Å²) in [4.78, 5) is 10.3. The fourth-order valence-electron chi connectivity index (χ4n) is 1.39.